The van der Waals surface area contributed by atoms with E-state index >= 15 is 0 Å². The van der Waals surface area contributed by atoms with Crippen LogP contribution < -0.4 is 5.32 Å². The summed E-state index contributed by atoms with van der Waals surface area (Å²) in [5.41, 5.74) is 3.65. The van der Waals surface area contributed by atoms with Crippen LogP contribution in [0.5, 0.6) is 0 Å². The highest BCUT2D eigenvalue weighted by Crippen LogP contribution is 2.20. The van der Waals surface area contributed by atoms with Gasteiger partial charge in [-0.05, 0) is 63.0 Å². The quantitative estimate of drug-likeness (QED) is 0.771. The summed E-state index contributed by atoms with van der Waals surface area (Å²) in [4.78, 5) is 2.35. The summed E-state index contributed by atoms with van der Waals surface area (Å²) in [5, 5.41) is 4.31. The molecule has 1 fully saturated rings. The maximum atomic E-state index is 5.61. The van der Waals surface area contributed by atoms with E-state index in [1.165, 1.54) is 36.8 Å². The molecular formula is C16H24N2S. The minimum absolute atomic E-state index is 0.549. The molecule has 1 aliphatic rings. The number of rotatable bonds is 1. The van der Waals surface area contributed by atoms with Crippen molar-refractivity contribution in [2.45, 2.75) is 52.5 Å². The van der Waals surface area contributed by atoms with Gasteiger partial charge in [0.1, 0.15) is 0 Å². The molecule has 0 aliphatic carbocycles. The normalized spacial score (nSPS) is 19.9. The number of anilines is 1. The highest BCUT2D eigenvalue weighted by molar-refractivity contribution is 7.80. The fourth-order valence-electron chi connectivity index (χ4n) is 2.63. The Hall–Kier alpha value is -1.09. The lowest BCUT2D eigenvalue weighted by Gasteiger charge is -2.30. The van der Waals surface area contributed by atoms with E-state index in [2.05, 4.69) is 49.2 Å². The monoisotopic (exact) mass is 276 g/mol. The molecule has 1 unspecified atom stereocenters. The second kappa shape index (κ2) is 6.38. The molecule has 1 atom stereocenters. The minimum atomic E-state index is 0.549. The number of thiocarbonyl (C=S) groups is 1. The minimum Gasteiger partial charge on any atom is -0.346 e. The molecule has 3 heteroatoms. The fraction of sp³-hybridized carbons (Fsp3) is 0.562. The van der Waals surface area contributed by atoms with Crippen LogP contribution in [0.25, 0.3) is 0 Å². The largest absolute Gasteiger partial charge is 0.346 e. The second-order valence-electron chi connectivity index (χ2n) is 5.64. The van der Waals surface area contributed by atoms with Crippen LogP contribution in [0.2, 0.25) is 0 Å². The molecular weight excluding hydrogens is 252 g/mol. The number of benzene rings is 1. The van der Waals surface area contributed by atoms with E-state index in [-0.39, 0.29) is 0 Å². The van der Waals surface area contributed by atoms with Crippen LogP contribution in [0, 0.1) is 13.8 Å². The van der Waals surface area contributed by atoms with Crippen LogP contribution >= 0.6 is 12.2 Å². The Balaban J connectivity index is 2.09. The Labute approximate surface area is 122 Å². The van der Waals surface area contributed by atoms with Gasteiger partial charge in [0.15, 0.2) is 5.11 Å². The second-order valence-corrected chi connectivity index (χ2v) is 6.03. The molecule has 1 aromatic carbocycles. The van der Waals surface area contributed by atoms with Crippen molar-refractivity contribution in [3.05, 3.63) is 29.3 Å². The Kier molecular flexibility index (Phi) is 4.81. The molecule has 0 amide bonds. The zero-order valence-corrected chi connectivity index (χ0v) is 13.0. The van der Waals surface area contributed by atoms with Gasteiger partial charge < -0.3 is 10.2 Å². The first-order valence-corrected chi connectivity index (χ1v) is 7.63. The maximum Gasteiger partial charge on any atom is 0.173 e. The molecule has 0 saturated carbocycles. The van der Waals surface area contributed by atoms with E-state index in [4.69, 9.17) is 12.2 Å². The zero-order valence-electron chi connectivity index (χ0n) is 12.2. The van der Waals surface area contributed by atoms with Gasteiger partial charge in [0.25, 0.3) is 0 Å². The number of hydrogen-bond acceptors (Lipinski definition) is 1. The smallest absolute Gasteiger partial charge is 0.173 e. The lowest BCUT2D eigenvalue weighted by atomic mass is 10.1. The predicted octanol–water partition coefficient (Wildman–Crippen LogP) is 4.26. The summed E-state index contributed by atoms with van der Waals surface area (Å²) in [6, 6.07) is 7.00. The van der Waals surface area contributed by atoms with E-state index in [0.717, 1.165) is 17.3 Å². The van der Waals surface area contributed by atoms with Gasteiger partial charge in [-0.3, -0.25) is 0 Å². The fourth-order valence-corrected chi connectivity index (χ4v) is 3.02. The van der Waals surface area contributed by atoms with Gasteiger partial charge in [0.2, 0.25) is 0 Å². The molecule has 19 heavy (non-hydrogen) atoms. The highest BCUT2D eigenvalue weighted by atomic mass is 32.1. The third kappa shape index (κ3) is 3.69. The Morgan fingerprint density at radius 3 is 2.84 bits per heavy atom. The molecule has 2 rings (SSSR count). The summed E-state index contributed by atoms with van der Waals surface area (Å²) in [6.45, 7) is 7.60. The van der Waals surface area contributed by atoms with Crippen LogP contribution in [-0.2, 0) is 0 Å². The number of likely N-dealkylation sites (tertiary alicyclic amines) is 1. The van der Waals surface area contributed by atoms with Crippen LogP contribution in [0.4, 0.5) is 5.69 Å². The van der Waals surface area contributed by atoms with Crippen LogP contribution in [0.1, 0.15) is 43.7 Å². The van der Waals surface area contributed by atoms with Crippen molar-refractivity contribution in [2.75, 3.05) is 11.9 Å². The van der Waals surface area contributed by atoms with Crippen LogP contribution in [0.15, 0.2) is 18.2 Å². The Morgan fingerprint density at radius 2 is 2.05 bits per heavy atom. The lowest BCUT2D eigenvalue weighted by molar-refractivity contribution is 0.341. The average molecular weight is 276 g/mol. The molecule has 1 heterocycles. The van der Waals surface area contributed by atoms with E-state index in [9.17, 15) is 0 Å². The van der Waals surface area contributed by atoms with E-state index in [0.29, 0.717) is 6.04 Å². The summed E-state index contributed by atoms with van der Waals surface area (Å²) in [7, 11) is 0. The molecule has 0 radical (unpaired) electrons. The van der Waals surface area contributed by atoms with Crippen molar-refractivity contribution in [3.8, 4) is 0 Å². The third-order valence-corrected chi connectivity index (χ3v) is 4.29. The number of nitrogens with zero attached hydrogens (tertiary/aromatic N) is 1. The molecule has 104 valence electrons. The summed E-state index contributed by atoms with van der Waals surface area (Å²) >= 11 is 5.61. The van der Waals surface area contributed by atoms with E-state index < -0.39 is 0 Å². The number of hydrogen-bond donors (Lipinski definition) is 1. The maximum absolute atomic E-state index is 5.61. The molecule has 1 saturated heterocycles. The Morgan fingerprint density at radius 1 is 1.26 bits per heavy atom. The summed E-state index contributed by atoms with van der Waals surface area (Å²) < 4.78 is 0. The average Bonchev–Trinajstić information content (AvgIpc) is 2.58. The van der Waals surface area contributed by atoms with Crippen molar-refractivity contribution in [3.63, 3.8) is 0 Å². The Bertz CT molecular complexity index is 456. The molecule has 2 nitrogen and oxygen atoms in total. The first-order chi connectivity index (χ1) is 9.08. The molecule has 1 aromatic rings. The first-order valence-electron chi connectivity index (χ1n) is 7.23. The predicted molar refractivity (Wildman–Crippen MR) is 86.8 cm³/mol. The van der Waals surface area contributed by atoms with Gasteiger partial charge in [-0.15, -0.1) is 0 Å². The van der Waals surface area contributed by atoms with Crippen molar-refractivity contribution < 1.29 is 0 Å². The van der Waals surface area contributed by atoms with Crippen LogP contribution in [0.3, 0.4) is 0 Å². The van der Waals surface area contributed by atoms with Crippen LogP contribution in [-0.4, -0.2) is 22.6 Å². The van der Waals surface area contributed by atoms with Crippen molar-refractivity contribution in [1.82, 2.24) is 4.90 Å². The number of nitrogens with one attached hydrogen (secondary N) is 1. The van der Waals surface area contributed by atoms with Crippen molar-refractivity contribution in [2.24, 2.45) is 0 Å². The molecule has 0 aromatic heterocycles. The molecule has 1 N–H and O–H groups in total. The SMILES string of the molecule is Cc1ccc(C)c(NC(=S)N2CCCCCC2C)c1. The summed E-state index contributed by atoms with van der Waals surface area (Å²) in [6.07, 6.45) is 5.14. The molecule has 0 bridgehead atoms. The van der Waals surface area contributed by atoms with Crippen molar-refractivity contribution in [1.29, 1.82) is 0 Å². The zero-order chi connectivity index (χ0) is 13.8. The van der Waals surface area contributed by atoms with Gasteiger partial charge in [-0.2, -0.15) is 0 Å². The lowest BCUT2D eigenvalue weighted by Crippen LogP contribution is -2.41. The molecule has 1 aliphatic heterocycles. The third-order valence-electron chi connectivity index (χ3n) is 3.95. The first kappa shape index (κ1) is 14.3. The highest BCUT2D eigenvalue weighted by Gasteiger charge is 2.19. The topological polar surface area (TPSA) is 15.3 Å². The van der Waals surface area contributed by atoms with Gasteiger partial charge in [0, 0.05) is 18.3 Å². The molecule has 0 spiro atoms. The van der Waals surface area contributed by atoms with E-state index in [1.807, 2.05) is 0 Å². The van der Waals surface area contributed by atoms with E-state index in [1.54, 1.807) is 0 Å². The van der Waals surface area contributed by atoms with Crippen molar-refractivity contribution >= 4 is 23.0 Å². The van der Waals surface area contributed by atoms with Gasteiger partial charge in [0.05, 0.1) is 0 Å². The van der Waals surface area contributed by atoms with Gasteiger partial charge in [-0.1, -0.05) is 25.0 Å². The standard InChI is InChI=1S/C16H24N2S/c1-12-8-9-13(2)15(11-12)17-16(19)18-10-6-4-5-7-14(18)3/h8-9,11,14H,4-7,10H2,1-3H3,(H,17,19). The summed E-state index contributed by atoms with van der Waals surface area (Å²) in [5.74, 6) is 0. The number of aryl methyl sites for hydroxylation is 2. The van der Waals surface area contributed by atoms with Gasteiger partial charge >= 0.3 is 0 Å². The van der Waals surface area contributed by atoms with Gasteiger partial charge in [-0.25, -0.2) is 0 Å².